The molecular formula is C29H32Cl3N3O5S. The first-order valence-electron chi connectivity index (χ1n) is 12.9. The predicted molar refractivity (Wildman–Crippen MR) is 163 cm³/mol. The van der Waals surface area contributed by atoms with Gasteiger partial charge in [0, 0.05) is 27.7 Å². The fourth-order valence-electron chi connectivity index (χ4n) is 3.96. The van der Waals surface area contributed by atoms with Crippen LogP contribution in [0.5, 0.6) is 5.75 Å². The van der Waals surface area contributed by atoms with Gasteiger partial charge >= 0.3 is 0 Å². The van der Waals surface area contributed by atoms with Crippen molar-refractivity contribution in [1.82, 2.24) is 10.2 Å². The molecule has 8 nitrogen and oxygen atoms in total. The highest BCUT2D eigenvalue weighted by molar-refractivity contribution is 7.92. The van der Waals surface area contributed by atoms with Gasteiger partial charge in [-0.25, -0.2) is 8.42 Å². The van der Waals surface area contributed by atoms with Crippen LogP contribution in [0.15, 0.2) is 71.6 Å². The Kier molecular flexibility index (Phi) is 11.3. The van der Waals surface area contributed by atoms with Gasteiger partial charge in [0.15, 0.2) is 0 Å². The van der Waals surface area contributed by atoms with Crippen LogP contribution in [0.1, 0.15) is 33.3 Å². The van der Waals surface area contributed by atoms with Crippen molar-refractivity contribution in [3.63, 3.8) is 0 Å². The number of hydrogen-bond acceptors (Lipinski definition) is 5. The molecule has 0 unspecified atom stereocenters. The number of nitrogens with one attached hydrogen (secondary N) is 1. The number of nitrogens with zero attached hydrogens (tertiary/aromatic N) is 2. The Bertz CT molecular complexity index is 1470. The van der Waals surface area contributed by atoms with E-state index in [1.54, 1.807) is 57.2 Å². The number of amides is 2. The average molecular weight is 641 g/mol. The van der Waals surface area contributed by atoms with Crippen molar-refractivity contribution in [2.75, 3.05) is 17.5 Å². The van der Waals surface area contributed by atoms with E-state index in [2.05, 4.69) is 5.32 Å². The quantitative estimate of drug-likeness (QED) is 0.255. The molecule has 1 N–H and O–H groups in total. The first-order valence-corrected chi connectivity index (χ1v) is 15.5. The number of anilines is 1. The van der Waals surface area contributed by atoms with Gasteiger partial charge in [0.05, 0.1) is 17.2 Å². The lowest BCUT2D eigenvalue weighted by atomic mass is 10.1. The van der Waals surface area contributed by atoms with E-state index in [0.29, 0.717) is 33.0 Å². The maximum Gasteiger partial charge on any atom is 0.264 e. The monoisotopic (exact) mass is 639 g/mol. The molecule has 0 heterocycles. The number of benzene rings is 3. The van der Waals surface area contributed by atoms with Gasteiger partial charge in [-0.2, -0.15) is 0 Å². The topological polar surface area (TPSA) is 96.0 Å². The van der Waals surface area contributed by atoms with Crippen molar-refractivity contribution >= 4 is 62.3 Å². The lowest BCUT2D eigenvalue weighted by molar-refractivity contribution is -0.139. The Hall–Kier alpha value is -2.98. The number of ether oxygens (including phenoxy) is 1. The molecule has 0 saturated heterocycles. The highest BCUT2D eigenvalue weighted by Gasteiger charge is 2.33. The Morgan fingerprint density at radius 2 is 1.51 bits per heavy atom. The lowest BCUT2D eigenvalue weighted by Crippen LogP contribution is -2.52. The van der Waals surface area contributed by atoms with Crippen LogP contribution >= 0.6 is 34.8 Å². The first kappa shape index (κ1) is 32.5. The summed E-state index contributed by atoms with van der Waals surface area (Å²) >= 11 is 18.4. The molecule has 0 aliphatic carbocycles. The summed E-state index contributed by atoms with van der Waals surface area (Å²) in [5, 5.41) is 3.90. The second-order valence-corrected chi connectivity index (χ2v) is 12.6. The van der Waals surface area contributed by atoms with E-state index in [0.717, 1.165) is 4.31 Å². The van der Waals surface area contributed by atoms with Crippen LogP contribution in [0, 0.1) is 0 Å². The van der Waals surface area contributed by atoms with Crippen molar-refractivity contribution in [2.24, 2.45) is 0 Å². The summed E-state index contributed by atoms with van der Waals surface area (Å²) in [6.45, 7) is 6.81. The number of sulfonamides is 1. The van der Waals surface area contributed by atoms with Gasteiger partial charge in [0.1, 0.15) is 18.3 Å². The molecule has 41 heavy (non-hydrogen) atoms. The third-order valence-electron chi connectivity index (χ3n) is 6.07. The molecule has 0 fully saturated rings. The van der Waals surface area contributed by atoms with Crippen molar-refractivity contribution in [3.05, 3.63) is 87.4 Å². The van der Waals surface area contributed by atoms with Crippen LogP contribution in [-0.2, 0) is 26.2 Å². The van der Waals surface area contributed by atoms with Crippen LogP contribution in [0.3, 0.4) is 0 Å². The summed E-state index contributed by atoms with van der Waals surface area (Å²) in [4.78, 5) is 28.2. The molecule has 0 radical (unpaired) electrons. The molecule has 12 heteroatoms. The van der Waals surface area contributed by atoms with Crippen molar-refractivity contribution < 1.29 is 22.7 Å². The van der Waals surface area contributed by atoms with E-state index in [1.807, 2.05) is 6.92 Å². The summed E-state index contributed by atoms with van der Waals surface area (Å²) in [6.07, 6.45) is 0. The van der Waals surface area contributed by atoms with Crippen LogP contribution in [0.2, 0.25) is 15.1 Å². The largest absolute Gasteiger partial charge is 0.494 e. The molecule has 2 amide bonds. The van der Waals surface area contributed by atoms with Crippen LogP contribution in [0.25, 0.3) is 0 Å². The minimum atomic E-state index is -4.23. The Morgan fingerprint density at radius 1 is 0.902 bits per heavy atom. The highest BCUT2D eigenvalue weighted by Crippen LogP contribution is 2.28. The zero-order valence-corrected chi connectivity index (χ0v) is 26.2. The minimum absolute atomic E-state index is 0.0542. The Morgan fingerprint density at radius 3 is 2.07 bits per heavy atom. The normalized spacial score (nSPS) is 12.1. The molecule has 0 aromatic heterocycles. The van der Waals surface area contributed by atoms with Crippen LogP contribution in [0.4, 0.5) is 5.69 Å². The third-order valence-corrected chi connectivity index (χ3v) is 8.70. The van der Waals surface area contributed by atoms with E-state index in [9.17, 15) is 18.0 Å². The van der Waals surface area contributed by atoms with Crippen LogP contribution in [-0.4, -0.2) is 50.4 Å². The van der Waals surface area contributed by atoms with Gasteiger partial charge in [0.25, 0.3) is 10.0 Å². The second kappa shape index (κ2) is 14.3. The number of hydrogen-bond donors (Lipinski definition) is 1. The van der Waals surface area contributed by atoms with E-state index in [1.165, 1.54) is 35.2 Å². The fraction of sp³-hybridized carbons (Fsp3) is 0.310. The number of rotatable bonds is 12. The van der Waals surface area contributed by atoms with E-state index in [4.69, 9.17) is 39.5 Å². The second-order valence-electron chi connectivity index (χ2n) is 9.49. The van der Waals surface area contributed by atoms with Gasteiger partial charge in [-0.05, 0) is 93.9 Å². The molecule has 0 bridgehead atoms. The highest BCUT2D eigenvalue weighted by atomic mass is 35.5. The molecule has 0 saturated carbocycles. The van der Waals surface area contributed by atoms with Gasteiger partial charge in [-0.1, -0.05) is 40.9 Å². The average Bonchev–Trinajstić information content (AvgIpc) is 2.91. The molecule has 0 aliphatic rings. The zero-order valence-electron chi connectivity index (χ0n) is 23.1. The number of halogens is 3. The number of carbonyl (C=O) groups is 2. The summed E-state index contributed by atoms with van der Waals surface area (Å²) in [5.74, 6) is -0.468. The summed E-state index contributed by atoms with van der Waals surface area (Å²) < 4.78 is 34.2. The summed E-state index contributed by atoms with van der Waals surface area (Å²) in [5.41, 5.74) is 0.780. The standard InChI is InChI=1S/C29H32Cl3N3O5S/c1-5-40-25-12-10-24(11-13-25)35(41(38,39)26-14-8-22(30)9-15-26)18-28(36)34(20(4)29(37)33-19(2)3)17-21-6-7-23(31)16-27(21)32/h6-16,19-20H,5,17-18H2,1-4H3,(H,33,37)/t20-/m1/s1. The van der Waals surface area contributed by atoms with E-state index in [-0.39, 0.29) is 23.2 Å². The van der Waals surface area contributed by atoms with E-state index < -0.39 is 34.4 Å². The SMILES string of the molecule is CCOc1ccc(N(CC(=O)N(Cc2ccc(Cl)cc2Cl)[C@H](C)C(=O)NC(C)C)S(=O)(=O)c2ccc(Cl)cc2)cc1. The summed E-state index contributed by atoms with van der Waals surface area (Å²) in [7, 11) is -4.23. The van der Waals surface area contributed by atoms with Gasteiger partial charge in [-0.15, -0.1) is 0 Å². The summed E-state index contributed by atoms with van der Waals surface area (Å²) in [6, 6.07) is 15.7. The maximum absolute atomic E-state index is 14.0. The lowest BCUT2D eigenvalue weighted by Gasteiger charge is -2.32. The molecule has 0 spiro atoms. The minimum Gasteiger partial charge on any atom is -0.494 e. The van der Waals surface area contributed by atoms with Crippen molar-refractivity contribution in [3.8, 4) is 5.75 Å². The molecule has 3 aromatic carbocycles. The first-order chi connectivity index (χ1) is 19.3. The third kappa shape index (κ3) is 8.52. The van der Waals surface area contributed by atoms with Gasteiger partial charge in [0.2, 0.25) is 11.8 Å². The molecule has 0 aliphatic heterocycles. The number of carbonyl (C=O) groups excluding carboxylic acids is 2. The predicted octanol–water partition coefficient (Wildman–Crippen LogP) is 6.18. The van der Waals surface area contributed by atoms with Crippen molar-refractivity contribution in [2.45, 2.75) is 51.2 Å². The van der Waals surface area contributed by atoms with Crippen LogP contribution < -0.4 is 14.4 Å². The van der Waals surface area contributed by atoms with Gasteiger partial charge < -0.3 is 15.0 Å². The Labute approximate surface area is 256 Å². The van der Waals surface area contributed by atoms with Crippen molar-refractivity contribution in [1.29, 1.82) is 0 Å². The maximum atomic E-state index is 14.0. The molecule has 3 rings (SSSR count). The molecule has 1 atom stereocenters. The fourth-order valence-corrected chi connectivity index (χ4v) is 5.97. The molecule has 3 aromatic rings. The Balaban J connectivity index is 2.05. The zero-order chi connectivity index (χ0) is 30.3. The van der Waals surface area contributed by atoms with Gasteiger partial charge in [-0.3, -0.25) is 13.9 Å². The smallest absolute Gasteiger partial charge is 0.264 e. The molecule has 220 valence electrons. The molecular weight excluding hydrogens is 609 g/mol. The van der Waals surface area contributed by atoms with E-state index >= 15 is 0 Å².